The van der Waals surface area contributed by atoms with E-state index in [4.69, 9.17) is 9.47 Å². The topological polar surface area (TPSA) is 54.0 Å². The summed E-state index contributed by atoms with van der Waals surface area (Å²) in [6.07, 6.45) is 10.7. The van der Waals surface area contributed by atoms with Crippen molar-refractivity contribution in [2.24, 2.45) is 0 Å². The molecule has 1 saturated heterocycles. The molecule has 6 heteroatoms. The summed E-state index contributed by atoms with van der Waals surface area (Å²) in [7, 11) is 5.22. The predicted octanol–water partition coefficient (Wildman–Crippen LogP) is 2.42. The molecule has 148 valence electrons. The first-order valence-electron chi connectivity index (χ1n) is 9.34. The van der Waals surface area contributed by atoms with Crippen LogP contribution in [0, 0.1) is 0 Å². The third kappa shape index (κ3) is 4.46. The molecule has 28 heavy (non-hydrogen) atoms. The zero-order chi connectivity index (χ0) is 19.9. The molecule has 0 aliphatic carbocycles. The number of carbonyl (C=O) groups is 1. The van der Waals surface area contributed by atoms with Gasteiger partial charge in [0.1, 0.15) is 6.29 Å². The van der Waals surface area contributed by atoms with Gasteiger partial charge in [-0.15, -0.1) is 0 Å². The van der Waals surface area contributed by atoms with E-state index in [-0.39, 0.29) is 0 Å². The summed E-state index contributed by atoms with van der Waals surface area (Å²) in [4.78, 5) is 15.7. The van der Waals surface area contributed by atoms with Crippen molar-refractivity contribution in [3.05, 3.63) is 65.7 Å². The fourth-order valence-electron chi connectivity index (χ4n) is 3.34. The SMILES string of the molecule is COc1ccc(C(/C=C2/C=CC(N3CCNCC3)=CN2C)=C/C=O)cc1OC. The number of nitrogens with zero attached hydrogens (tertiary/aromatic N) is 2. The monoisotopic (exact) mass is 381 g/mol. The van der Waals surface area contributed by atoms with Gasteiger partial charge in [-0.05, 0) is 47.6 Å². The van der Waals surface area contributed by atoms with Crippen LogP contribution in [0.2, 0.25) is 0 Å². The van der Waals surface area contributed by atoms with E-state index in [1.165, 1.54) is 5.70 Å². The molecular weight excluding hydrogens is 354 g/mol. The van der Waals surface area contributed by atoms with E-state index in [9.17, 15) is 4.79 Å². The number of hydrogen-bond donors (Lipinski definition) is 1. The van der Waals surface area contributed by atoms with Crippen LogP contribution in [0.1, 0.15) is 5.56 Å². The second-order valence-corrected chi connectivity index (χ2v) is 6.63. The van der Waals surface area contributed by atoms with E-state index >= 15 is 0 Å². The Balaban J connectivity index is 1.85. The largest absolute Gasteiger partial charge is 0.493 e. The Bertz CT molecular complexity index is 833. The molecule has 0 amide bonds. The fourth-order valence-corrected chi connectivity index (χ4v) is 3.34. The van der Waals surface area contributed by atoms with Gasteiger partial charge in [0.05, 0.1) is 19.9 Å². The van der Waals surface area contributed by atoms with Gasteiger partial charge >= 0.3 is 0 Å². The van der Waals surface area contributed by atoms with Crippen LogP contribution >= 0.6 is 0 Å². The molecule has 0 spiro atoms. The van der Waals surface area contributed by atoms with Crippen molar-refractivity contribution >= 4 is 11.9 Å². The summed E-state index contributed by atoms with van der Waals surface area (Å²) in [5.41, 5.74) is 3.90. The van der Waals surface area contributed by atoms with Crippen LogP contribution in [0.5, 0.6) is 11.5 Å². The number of allylic oxidation sites excluding steroid dienone is 5. The minimum Gasteiger partial charge on any atom is -0.493 e. The summed E-state index contributed by atoms with van der Waals surface area (Å²) < 4.78 is 10.7. The van der Waals surface area contributed by atoms with Gasteiger partial charge in [-0.25, -0.2) is 0 Å². The number of hydrogen-bond acceptors (Lipinski definition) is 6. The van der Waals surface area contributed by atoms with Gasteiger partial charge in [-0.1, -0.05) is 6.07 Å². The average molecular weight is 381 g/mol. The number of likely N-dealkylation sites (N-methyl/N-ethyl adjacent to an activating group) is 1. The summed E-state index contributed by atoms with van der Waals surface area (Å²) in [6, 6.07) is 5.64. The highest BCUT2D eigenvalue weighted by atomic mass is 16.5. The molecule has 1 aromatic rings. The molecule has 0 saturated carbocycles. The lowest BCUT2D eigenvalue weighted by molar-refractivity contribution is -0.104. The minimum absolute atomic E-state index is 0.628. The maximum Gasteiger partial charge on any atom is 0.161 e. The highest BCUT2D eigenvalue weighted by Crippen LogP contribution is 2.31. The van der Waals surface area contributed by atoms with Crippen LogP contribution in [-0.4, -0.2) is 63.5 Å². The van der Waals surface area contributed by atoms with Crippen LogP contribution in [0.3, 0.4) is 0 Å². The van der Waals surface area contributed by atoms with Crippen molar-refractivity contribution in [3.63, 3.8) is 0 Å². The quantitative estimate of drug-likeness (QED) is 0.603. The molecular formula is C22H27N3O3. The molecule has 3 rings (SSSR count). The van der Waals surface area contributed by atoms with E-state index in [1.807, 2.05) is 31.3 Å². The number of nitrogens with one attached hydrogen (secondary N) is 1. The Morgan fingerprint density at radius 2 is 1.86 bits per heavy atom. The highest BCUT2D eigenvalue weighted by molar-refractivity contribution is 5.87. The zero-order valence-corrected chi connectivity index (χ0v) is 16.6. The smallest absolute Gasteiger partial charge is 0.161 e. The molecule has 1 N–H and O–H groups in total. The van der Waals surface area contributed by atoms with Gasteiger partial charge in [0.25, 0.3) is 0 Å². The second-order valence-electron chi connectivity index (χ2n) is 6.63. The lowest BCUT2D eigenvalue weighted by Crippen LogP contribution is -2.43. The van der Waals surface area contributed by atoms with Gasteiger partial charge in [0, 0.05) is 45.1 Å². The van der Waals surface area contributed by atoms with Crippen molar-refractivity contribution in [2.45, 2.75) is 0 Å². The van der Waals surface area contributed by atoms with Crippen LogP contribution in [0.25, 0.3) is 5.57 Å². The molecule has 2 aliphatic heterocycles. The Morgan fingerprint density at radius 1 is 1.11 bits per heavy atom. The van der Waals surface area contributed by atoms with Crippen molar-refractivity contribution in [1.82, 2.24) is 15.1 Å². The first-order valence-corrected chi connectivity index (χ1v) is 9.34. The maximum absolute atomic E-state index is 11.2. The third-order valence-electron chi connectivity index (χ3n) is 4.91. The standard InChI is InChI=1S/C22H27N3O3/c1-24-16-20(25-11-9-23-10-12-25)6-5-19(24)14-18(8-13-26)17-4-7-21(27-2)22(15-17)28-3/h4-8,13-16,23H,9-12H2,1-3H3/b18-8+,19-14-. The van der Waals surface area contributed by atoms with Crippen LogP contribution in [0.15, 0.2) is 60.1 Å². The number of rotatable bonds is 6. The van der Waals surface area contributed by atoms with Crippen LogP contribution in [-0.2, 0) is 4.79 Å². The van der Waals surface area contributed by atoms with Crippen LogP contribution in [0.4, 0.5) is 0 Å². The summed E-state index contributed by atoms with van der Waals surface area (Å²) in [5.74, 6) is 1.28. The lowest BCUT2D eigenvalue weighted by Gasteiger charge is -2.33. The second kappa shape index (κ2) is 9.28. The number of ether oxygens (including phenoxy) is 2. The maximum atomic E-state index is 11.2. The normalized spacial score (nSPS) is 18.9. The molecule has 0 aromatic heterocycles. The van der Waals surface area contributed by atoms with Crippen molar-refractivity contribution in [2.75, 3.05) is 47.4 Å². The number of benzene rings is 1. The number of aldehydes is 1. The van der Waals surface area contributed by atoms with Crippen molar-refractivity contribution < 1.29 is 14.3 Å². The van der Waals surface area contributed by atoms with Gasteiger partial charge in [-0.3, -0.25) is 4.79 Å². The molecule has 6 nitrogen and oxygen atoms in total. The van der Waals surface area contributed by atoms with E-state index in [1.54, 1.807) is 20.3 Å². The molecule has 0 radical (unpaired) electrons. The molecule has 1 aromatic carbocycles. The molecule has 0 bridgehead atoms. The highest BCUT2D eigenvalue weighted by Gasteiger charge is 2.16. The average Bonchev–Trinajstić information content (AvgIpc) is 2.74. The van der Waals surface area contributed by atoms with Gasteiger partial charge in [0.2, 0.25) is 0 Å². The molecule has 2 heterocycles. The van der Waals surface area contributed by atoms with E-state index in [0.717, 1.165) is 49.3 Å². The first kappa shape index (κ1) is 19.8. The summed E-state index contributed by atoms with van der Waals surface area (Å²) in [5, 5.41) is 3.37. The van der Waals surface area contributed by atoms with E-state index < -0.39 is 0 Å². The molecule has 2 aliphatic rings. The molecule has 1 fully saturated rings. The Hall–Kier alpha value is -2.99. The third-order valence-corrected chi connectivity index (χ3v) is 4.91. The minimum atomic E-state index is 0.628. The first-order chi connectivity index (χ1) is 13.7. The zero-order valence-electron chi connectivity index (χ0n) is 16.6. The van der Waals surface area contributed by atoms with Crippen molar-refractivity contribution in [3.8, 4) is 11.5 Å². The Labute approximate surface area is 166 Å². The predicted molar refractivity (Wildman–Crippen MR) is 111 cm³/mol. The van der Waals surface area contributed by atoms with Crippen molar-refractivity contribution in [1.29, 1.82) is 0 Å². The molecule has 0 unspecified atom stereocenters. The lowest BCUT2D eigenvalue weighted by atomic mass is 10.0. The fraction of sp³-hybridized carbons (Fsp3) is 0.318. The number of methoxy groups -OCH3 is 2. The van der Waals surface area contributed by atoms with Gasteiger partial charge in [0.15, 0.2) is 11.5 Å². The Morgan fingerprint density at radius 3 is 2.50 bits per heavy atom. The summed E-state index contributed by atoms with van der Waals surface area (Å²) in [6.45, 7) is 4.02. The van der Waals surface area contributed by atoms with E-state index in [2.05, 4.69) is 33.5 Å². The number of carbonyl (C=O) groups excluding carboxylic acids is 1. The number of piperazine rings is 1. The van der Waals surface area contributed by atoms with Gasteiger partial charge < -0.3 is 24.6 Å². The van der Waals surface area contributed by atoms with Gasteiger partial charge in [-0.2, -0.15) is 0 Å². The summed E-state index contributed by atoms with van der Waals surface area (Å²) >= 11 is 0. The molecule has 0 atom stereocenters. The van der Waals surface area contributed by atoms with Crippen LogP contribution < -0.4 is 14.8 Å². The Kier molecular flexibility index (Phi) is 6.55. The van der Waals surface area contributed by atoms with E-state index in [0.29, 0.717) is 11.5 Å².